The number of rotatable bonds is 5. The Balaban J connectivity index is 1.70. The van der Waals surface area contributed by atoms with E-state index in [9.17, 15) is 14.4 Å². The fourth-order valence-corrected chi connectivity index (χ4v) is 3.28. The minimum Gasteiger partial charge on any atom is -0.460 e. The molecule has 2 N–H and O–H groups in total. The van der Waals surface area contributed by atoms with E-state index in [1.165, 1.54) is 17.2 Å². The van der Waals surface area contributed by atoms with Crippen molar-refractivity contribution in [2.75, 3.05) is 18.5 Å². The van der Waals surface area contributed by atoms with Crippen LogP contribution in [0.25, 0.3) is 0 Å². The lowest BCUT2D eigenvalue weighted by Crippen LogP contribution is -2.43. The molecule has 1 atom stereocenters. The van der Waals surface area contributed by atoms with Crippen LogP contribution in [-0.4, -0.2) is 51.8 Å². The summed E-state index contributed by atoms with van der Waals surface area (Å²) in [6.45, 7) is 2.35. The number of halogens is 2. The summed E-state index contributed by atoms with van der Waals surface area (Å²) in [6, 6.07) is 3.96. The number of carbonyl (C=O) groups is 3. The Bertz CT molecular complexity index is 915. The molecule has 1 fully saturated rings. The first-order valence-electron chi connectivity index (χ1n) is 8.69. The van der Waals surface area contributed by atoms with Crippen molar-refractivity contribution in [3.05, 3.63) is 45.8 Å². The largest absolute Gasteiger partial charge is 0.460 e. The van der Waals surface area contributed by atoms with Crippen molar-refractivity contribution in [3.8, 4) is 0 Å². The molecule has 2 aromatic rings. The quantitative estimate of drug-likeness (QED) is 0.717. The maximum Gasteiger partial charge on any atom is 0.374 e. The van der Waals surface area contributed by atoms with Gasteiger partial charge in [0.05, 0.1) is 22.8 Å². The number of hydrogen-bond donors (Lipinski definition) is 2. The first-order chi connectivity index (χ1) is 13.4. The summed E-state index contributed by atoms with van der Waals surface area (Å²) >= 11 is 11.9. The fourth-order valence-electron chi connectivity index (χ4n) is 2.98. The number of esters is 1. The van der Waals surface area contributed by atoms with Gasteiger partial charge in [0.2, 0.25) is 11.7 Å². The number of likely N-dealkylation sites (tertiary alicyclic amines) is 1. The van der Waals surface area contributed by atoms with Crippen molar-refractivity contribution in [2.24, 2.45) is 0 Å². The van der Waals surface area contributed by atoms with Gasteiger partial charge < -0.3 is 19.9 Å². The van der Waals surface area contributed by atoms with Crippen LogP contribution in [0.15, 0.2) is 24.4 Å². The van der Waals surface area contributed by atoms with Crippen LogP contribution in [0.2, 0.25) is 10.0 Å². The molecule has 148 valence electrons. The maximum atomic E-state index is 12.8. The van der Waals surface area contributed by atoms with Crippen molar-refractivity contribution < 1.29 is 19.1 Å². The highest BCUT2D eigenvalue weighted by Gasteiger charge is 2.35. The van der Waals surface area contributed by atoms with Crippen LogP contribution >= 0.6 is 23.2 Å². The lowest BCUT2D eigenvalue weighted by Gasteiger charge is -2.24. The van der Waals surface area contributed by atoms with Gasteiger partial charge >= 0.3 is 5.97 Å². The number of benzene rings is 1. The van der Waals surface area contributed by atoms with E-state index in [-0.39, 0.29) is 35.1 Å². The Kier molecular flexibility index (Phi) is 6.21. The van der Waals surface area contributed by atoms with E-state index in [0.29, 0.717) is 30.0 Å². The zero-order valence-electron chi connectivity index (χ0n) is 15.0. The highest BCUT2D eigenvalue weighted by Crippen LogP contribution is 2.26. The van der Waals surface area contributed by atoms with Crippen LogP contribution in [0, 0.1) is 0 Å². The SMILES string of the molecule is CCOC(=O)c1ncc(NC(=O)[C@@H]2CCCN2C(=O)c2ccc(Cl)c(Cl)c2)[nH]1. The van der Waals surface area contributed by atoms with Crippen LogP contribution in [-0.2, 0) is 9.53 Å². The predicted octanol–water partition coefficient (Wildman–Crippen LogP) is 3.14. The van der Waals surface area contributed by atoms with Crippen molar-refractivity contribution in [1.29, 1.82) is 0 Å². The van der Waals surface area contributed by atoms with Gasteiger partial charge in [-0.3, -0.25) is 9.59 Å². The molecular weight excluding hydrogens is 407 g/mol. The van der Waals surface area contributed by atoms with E-state index in [0.717, 1.165) is 0 Å². The summed E-state index contributed by atoms with van der Waals surface area (Å²) in [4.78, 5) is 45.2. The molecule has 1 saturated heterocycles. The molecule has 3 rings (SSSR count). The van der Waals surface area contributed by atoms with Crippen molar-refractivity contribution in [1.82, 2.24) is 14.9 Å². The lowest BCUT2D eigenvalue weighted by molar-refractivity contribution is -0.119. The number of H-pyrrole nitrogens is 1. The van der Waals surface area contributed by atoms with E-state index in [2.05, 4.69) is 15.3 Å². The van der Waals surface area contributed by atoms with E-state index in [4.69, 9.17) is 27.9 Å². The number of aromatic nitrogens is 2. The predicted molar refractivity (Wildman–Crippen MR) is 104 cm³/mol. The van der Waals surface area contributed by atoms with Gasteiger partial charge in [-0.25, -0.2) is 9.78 Å². The van der Waals surface area contributed by atoms with E-state index >= 15 is 0 Å². The summed E-state index contributed by atoms with van der Waals surface area (Å²) in [7, 11) is 0. The van der Waals surface area contributed by atoms with Crippen LogP contribution in [0.4, 0.5) is 5.82 Å². The maximum absolute atomic E-state index is 12.8. The molecule has 28 heavy (non-hydrogen) atoms. The van der Waals surface area contributed by atoms with Gasteiger partial charge in [-0.2, -0.15) is 0 Å². The van der Waals surface area contributed by atoms with Crippen LogP contribution in [0.5, 0.6) is 0 Å². The summed E-state index contributed by atoms with van der Waals surface area (Å²) < 4.78 is 4.84. The van der Waals surface area contributed by atoms with Gasteiger partial charge in [0, 0.05) is 12.1 Å². The molecule has 2 heterocycles. The van der Waals surface area contributed by atoms with Gasteiger partial charge in [0.15, 0.2) is 0 Å². The van der Waals surface area contributed by atoms with Crippen molar-refractivity contribution in [2.45, 2.75) is 25.8 Å². The Labute approximate surface area is 171 Å². The average Bonchev–Trinajstić information content (AvgIpc) is 3.33. The molecule has 0 unspecified atom stereocenters. The topological polar surface area (TPSA) is 104 Å². The molecule has 0 aliphatic carbocycles. The Morgan fingerprint density at radius 3 is 2.82 bits per heavy atom. The minimum atomic E-state index is -0.642. The summed E-state index contributed by atoms with van der Waals surface area (Å²) in [5, 5.41) is 3.28. The number of aromatic amines is 1. The number of imidazole rings is 1. The summed E-state index contributed by atoms with van der Waals surface area (Å²) in [5.41, 5.74) is 0.361. The van der Waals surface area contributed by atoms with Gasteiger partial charge in [-0.1, -0.05) is 23.2 Å². The number of nitrogens with zero attached hydrogens (tertiary/aromatic N) is 2. The third-order valence-electron chi connectivity index (χ3n) is 4.29. The Morgan fingerprint density at radius 1 is 1.32 bits per heavy atom. The standard InChI is InChI=1S/C18H18Cl2N4O4/c1-2-28-18(27)15-21-9-14(22-15)23-16(25)13-4-3-7-24(13)17(26)10-5-6-11(19)12(20)8-10/h5-6,8-9,13H,2-4,7H2,1H3,(H,21,22)(H,23,25)/t13-/m0/s1. The molecule has 0 bridgehead atoms. The van der Waals surface area contributed by atoms with Crippen LogP contribution in [0.1, 0.15) is 40.7 Å². The van der Waals surface area contributed by atoms with Crippen LogP contribution in [0.3, 0.4) is 0 Å². The number of nitrogens with one attached hydrogen (secondary N) is 2. The van der Waals surface area contributed by atoms with E-state index < -0.39 is 12.0 Å². The molecule has 1 aliphatic rings. The average molecular weight is 425 g/mol. The molecule has 8 nitrogen and oxygen atoms in total. The van der Waals surface area contributed by atoms with E-state index in [1.54, 1.807) is 19.1 Å². The number of carbonyl (C=O) groups excluding carboxylic acids is 3. The molecular formula is C18H18Cl2N4O4. The molecule has 2 amide bonds. The van der Waals surface area contributed by atoms with Crippen molar-refractivity contribution >= 4 is 46.8 Å². The number of anilines is 1. The van der Waals surface area contributed by atoms with Gasteiger partial charge in [-0.15, -0.1) is 0 Å². The molecule has 0 spiro atoms. The molecule has 0 radical (unpaired) electrons. The Morgan fingerprint density at radius 2 is 2.11 bits per heavy atom. The summed E-state index contributed by atoms with van der Waals surface area (Å²) in [5.74, 6) is -1.03. The molecule has 1 aliphatic heterocycles. The van der Waals surface area contributed by atoms with Crippen molar-refractivity contribution in [3.63, 3.8) is 0 Å². The fraction of sp³-hybridized carbons (Fsp3) is 0.333. The number of ether oxygens (including phenoxy) is 1. The number of amides is 2. The third kappa shape index (κ3) is 4.28. The highest BCUT2D eigenvalue weighted by atomic mass is 35.5. The first-order valence-corrected chi connectivity index (χ1v) is 9.45. The van der Waals surface area contributed by atoms with Gasteiger partial charge in [-0.05, 0) is 38.0 Å². The zero-order valence-corrected chi connectivity index (χ0v) is 16.5. The molecule has 1 aromatic carbocycles. The summed E-state index contributed by atoms with van der Waals surface area (Å²) in [6.07, 6.45) is 2.55. The lowest BCUT2D eigenvalue weighted by atomic mass is 10.1. The Hall–Kier alpha value is -2.58. The van der Waals surface area contributed by atoms with Crippen LogP contribution < -0.4 is 5.32 Å². The second-order valence-corrected chi connectivity index (χ2v) is 6.96. The first kappa shape index (κ1) is 20.2. The molecule has 10 heteroatoms. The molecule has 1 aromatic heterocycles. The minimum absolute atomic E-state index is 0.00712. The highest BCUT2D eigenvalue weighted by molar-refractivity contribution is 6.42. The second kappa shape index (κ2) is 8.62. The smallest absolute Gasteiger partial charge is 0.374 e. The molecule has 0 saturated carbocycles. The van der Waals surface area contributed by atoms with Gasteiger partial charge in [0.1, 0.15) is 11.9 Å². The van der Waals surface area contributed by atoms with E-state index in [1.807, 2.05) is 0 Å². The zero-order chi connectivity index (χ0) is 20.3. The number of hydrogen-bond acceptors (Lipinski definition) is 5. The monoisotopic (exact) mass is 424 g/mol. The van der Waals surface area contributed by atoms with Gasteiger partial charge in [0.25, 0.3) is 5.91 Å². The third-order valence-corrected chi connectivity index (χ3v) is 5.02. The normalized spacial score (nSPS) is 16.1. The second-order valence-electron chi connectivity index (χ2n) is 6.14.